The van der Waals surface area contributed by atoms with Crippen molar-refractivity contribution in [3.8, 4) is 0 Å². The summed E-state index contributed by atoms with van der Waals surface area (Å²) in [4.78, 5) is 32.6. The van der Waals surface area contributed by atoms with Gasteiger partial charge in [-0.05, 0) is 43.9 Å². The molecular formula is C28H34N4O2. The van der Waals surface area contributed by atoms with E-state index in [0.29, 0.717) is 32.2 Å². The van der Waals surface area contributed by atoms with E-state index in [-0.39, 0.29) is 11.8 Å². The first-order valence-corrected chi connectivity index (χ1v) is 12.5. The summed E-state index contributed by atoms with van der Waals surface area (Å²) < 4.78 is 2.14. The number of rotatable bonds is 5. The standard InChI is InChI=1S/C28H34N4O2/c1-22-9-7-8-14-31(22)27(33)21-29-15-17-30(18-16-29)28(34)26-19-24-12-5-6-13-25(24)32(26)20-23-10-3-2-4-11-23/h2-6,10-13,19,22H,7-9,14-18,20-21H2,1H3. The fourth-order valence-corrected chi connectivity index (χ4v) is 5.35. The molecular weight excluding hydrogens is 424 g/mol. The molecule has 34 heavy (non-hydrogen) atoms. The first-order valence-electron chi connectivity index (χ1n) is 12.5. The third kappa shape index (κ3) is 4.73. The van der Waals surface area contributed by atoms with E-state index in [1.807, 2.05) is 46.2 Å². The summed E-state index contributed by atoms with van der Waals surface area (Å²) in [7, 11) is 0. The number of amides is 2. The second kappa shape index (κ2) is 10.0. The largest absolute Gasteiger partial charge is 0.339 e. The number of hydrogen-bond donors (Lipinski definition) is 0. The molecule has 0 radical (unpaired) electrons. The highest BCUT2D eigenvalue weighted by Gasteiger charge is 2.29. The van der Waals surface area contributed by atoms with E-state index < -0.39 is 0 Å². The fourth-order valence-electron chi connectivity index (χ4n) is 5.35. The van der Waals surface area contributed by atoms with Crippen molar-refractivity contribution < 1.29 is 9.59 Å². The Hall–Kier alpha value is -3.12. The van der Waals surface area contributed by atoms with E-state index in [9.17, 15) is 9.59 Å². The van der Waals surface area contributed by atoms with Crippen LogP contribution in [0.4, 0.5) is 0 Å². The number of carbonyl (C=O) groups excluding carboxylic acids is 2. The Balaban J connectivity index is 1.27. The lowest BCUT2D eigenvalue weighted by molar-refractivity contribution is -0.136. The molecule has 178 valence electrons. The second-order valence-electron chi connectivity index (χ2n) is 9.66. The minimum absolute atomic E-state index is 0.0720. The van der Waals surface area contributed by atoms with Gasteiger partial charge in [0.25, 0.3) is 5.91 Å². The summed E-state index contributed by atoms with van der Waals surface area (Å²) in [5.41, 5.74) is 2.99. The van der Waals surface area contributed by atoms with Gasteiger partial charge in [0.1, 0.15) is 5.69 Å². The van der Waals surface area contributed by atoms with Gasteiger partial charge in [-0.25, -0.2) is 0 Å². The number of hydrogen-bond acceptors (Lipinski definition) is 3. The smallest absolute Gasteiger partial charge is 0.270 e. The lowest BCUT2D eigenvalue weighted by Gasteiger charge is -2.38. The van der Waals surface area contributed by atoms with Gasteiger partial charge in [0, 0.05) is 56.2 Å². The van der Waals surface area contributed by atoms with Gasteiger partial charge in [-0.1, -0.05) is 48.5 Å². The molecule has 3 aromatic rings. The van der Waals surface area contributed by atoms with Gasteiger partial charge >= 0.3 is 0 Å². The molecule has 0 saturated carbocycles. The first kappa shape index (κ1) is 22.7. The zero-order valence-electron chi connectivity index (χ0n) is 20.0. The lowest BCUT2D eigenvalue weighted by atomic mass is 10.0. The molecule has 0 bridgehead atoms. The zero-order chi connectivity index (χ0) is 23.5. The average Bonchev–Trinajstić information content (AvgIpc) is 3.23. The number of fused-ring (bicyclic) bond motifs is 1. The monoisotopic (exact) mass is 458 g/mol. The number of piperazine rings is 1. The maximum atomic E-state index is 13.6. The Morgan fingerprint density at radius 1 is 0.882 bits per heavy atom. The highest BCUT2D eigenvalue weighted by molar-refractivity contribution is 5.99. The van der Waals surface area contributed by atoms with Crippen LogP contribution in [-0.4, -0.2) is 76.4 Å². The van der Waals surface area contributed by atoms with Crippen LogP contribution in [0, 0.1) is 0 Å². The Morgan fingerprint density at radius 2 is 1.62 bits per heavy atom. The van der Waals surface area contributed by atoms with Crippen molar-refractivity contribution in [2.24, 2.45) is 0 Å². The van der Waals surface area contributed by atoms with Crippen LogP contribution in [0.25, 0.3) is 10.9 Å². The van der Waals surface area contributed by atoms with Gasteiger partial charge in [-0.3, -0.25) is 14.5 Å². The van der Waals surface area contributed by atoms with Gasteiger partial charge in [0.2, 0.25) is 5.91 Å². The molecule has 2 aromatic carbocycles. The van der Waals surface area contributed by atoms with Crippen molar-refractivity contribution in [2.45, 2.75) is 38.8 Å². The topological polar surface area (TPSA) is 48.8 Å². The molecule has 2 amide bonds. The zero-order valence-corrected chi connectivity index (χ0v) is 20.0. The molecule has 1 aromatic heterocycles. The van der Waals surface area contributed by atoms with Crippen LogP contribution >= 0.6 is 0 Å². The molecule has 2 fully saturated rings. The van der Waals surface area contributed by atoms with Crippen LogP contribution < -0.4 is 0 Å². The SMILES string of the molecule is CC1CCCCN1C(=O)CN1CCN(C(=O)c2cc3ccccc3n2Cc2ccccc2)CC1. The molecule has 0 spiro atoms. The van der Waals surface area contributed by atoms with Gasteiger partial charge < -0.3 is 14.4 Å². The van der Waals surface area contributed by atoms with Crippen LogP contribution in [0.5, 0.6) is 0 Å². The van der Waals surface area contributed by atoms with Crippen LogP contribution in [0.15, 0.2) is 60.7 Å². The van der Waals surface area contributed by atoms with Crippen LogP contribution in [-0.2, 0) is 11.3 Å². The van der Waals surface area contributed by atoms with Crippen molar-refractivity contribution in [3.05, 3.63) is 71.9 Å². The number of carbonyl (C=O) groups is 2. The Bertz CT molecular complexity index is 1150. The molecule has 5 rings (SSSR count). The molecule has 6 nitrogen and oxygen atoms in total. The van der Waals surface area contributed by atoms with E-state index in [1.165, 1.54) is 12.0 Å². The van der Waals surface area contributed by atoms with Gasteiger partial charge in [-0.15, -0.1) is 0 Å². The molecule has 2 saturated heterocycles. The lowest BCUT2D eigenvalue weighted by Crippen LogP contribution is -2.53. The molecule has 1 atom stereocenters. The van der Waals surface area contributed by atoms with Gasteiger partial charge in [0.15, 0.2) is 0 Å². The average molecular weight is 459 g/mol. The van der Waals surface area contributed by atoms with E-state index >= 15 is 0 Å². The summed E-state index contributed by atoms with van der Waals surface area (Å²) in [6.45, 7) is 6.92. The summed E-state index contributed by atoms with van der Waals surface area (Å²) in [5, 5.41) is 1.08. The van der Waals surface area contributed by atoms with Gasteiger partial charge in [0.05, 0.1) is 6.54 Å². The highest BCUT2D eigenvalue weighted by Crippen LogP contribution is 2.23. The van der Waals surface area contributed by atoms with E-state index in [0.717, 1.165) is 49.1 Å². The van der Waals surface area contributed by atoms with E-state index in [1.54, 1.807) is 0 Å². The highest BCUT2D eigenvalue weighted by atomic mass is 16.2. The number of nitrogens with zero attached hydrogens (tertiary/aromatic N) is 4. The maximum Gasteiger partial charge on any atom is 0.270 e. The Kier molecular flexibility index (Phi) is 6.68. The van der Waals surface area contributed by atoms with Crippen LogP contribution in [0.2, 0.25) is 0 Å². The molecule has 0 N–H and O–H groups in total. The Morgan fingerprint density at radius 3 is 2.38 bits per heavy atom. The van der Waals surface area contributed by atoms with Crippen molar-refractivity contribution >= 4 is 22.7 Å². The van der Waals surface area contributed by atoms with Crippen molar-refractivity contribution in [1.29, 1.82) is 0 Å². The van der Waals surface area contributed by atoms with E-state index in [4.69, 9.17) is 0 Å². The number of aromatic nitrogens is 1. The predicted molar refractivity (Wildman–Crippen MR) is 135 cm³/mol. The maximum absolute atomic E-state index is 13.6. The summed E-state index contributed by atoms with van der Waals surface area (Å²) in [6.07, 6.45) is 3.42. The normalized spacial score (nSPS) is 19.5. The van der Waals surface area contributed by atoms with Crippen molar-refractivity contribution in [2.75, 3.05) is 39.3 Å². The van der Waals surface area contributed by atoms with Crippen LogP contribution in [0.3, 0.4) is 0 Å². The summed E-state index contributed by atoms with van der Waals surface area (Å²) >= 11 is 0. The molecule has 0 aliphatic carbocycles. The van der Waals surface area contributed by atoms with Gasteiger partial charge in [-0.2, -0.15) is 0 Å². The van der Waals surface area contributed by atoms with Crippen LogP contribution in [0.1, 0.15) is 42.2 Å². The summed E-state index contributed by atoms with van der Waals surface area (Å²) in [5.74, 6) is 0.303. The molecule has 2 aliphatic heterocycles. The quantitative estimate of drug-likeness (QED) is 0.584. The minimum atomic E-state index is 0.0720. The molecule has 3 heterocycles. The minimum Gasteiger partial charge on any atom is -0.339 e. The molecule has 2 aliphatic rings. The fraction of sp³-hybridized carbons (Fsp3) is 0.429. The number of piperidine rings is 1. The molecule has 6 heteroatoms. The summed E-state index contributed by atoms with van der Waals surface area (Å²) in [6, 6.07) is 20.8. The number of para-hydroxylation sites is 1. The third-order valence-corrected chi connectivity index (χ3v) is 7.35. The molecule has 1 unspecified atom stereocenters. The second-order valence-corrected chi connectivity index (χ2v) is 9.66. The third-order valence-electron chi connectivity index (χ3n) is 7.35. The first-order chi connectivity index (χ1) is 16.6. The van der Waals surface area contributed by atoms with E-state index in [2.05, 4.69) is 40.7 Å². The van der Waals surface area contributed by atoms with Crippen molar-refractivity contribution in [1.82, 2.24) is 19.3 Å². The predicted octanol–water partition coefficient (Wildman–Crippen LogP) is 3.85. The number of likely N-dealkylation sites (tertiary alicyclic amines) is 1. The van der Waals surface area contributed by atoms with Crippen molar-refractivity contribution in [3.63, 3.8) is 0 Å². The Labute approximate surface area is 201 Å². The number of benzene rings is 2.